The number of nitrogens with two attached hydrogens (primary N) is 1. The predicted octanol–water partition coefficient (Wildman–Crippen LogP) is 1.27. The molecule has 0 spiro atoms. The molecule has 0 aliphatic carbocycles. The van der Waals surface area contributed by atoms with Crippen LogP contribution in [-0.2, 0) is 0 Å². The van der Waals surface area contributed by atoms with Gasteiger partial charge in [-0.15, -0.1) is 0 Å². The van der Waals surface area contributed by atoms with E-state index in [4.69, 9.17) is 17.4 Å². The van der Waals surface area contributed by atoms with Gasteiger partial charge in [0.05, 0.1) is 0 Å². The molecule has 0 saturated heterocycles. The number of nitrogens with one attached hydrogen (secondary N) is 1. The molecule has 0 amide bonds. The summed E-state index contributed by atoms with van der Waals surface area (Å²) in [7, 11) is 0. The van der Waals surface area contributed by atoms with Gasteiger partial charge in [-0.05, 0) is 18.6 Å². The first kappa shape index (κ1) is 9.11. The van der Waals surface area contributed by atoms with Gasteiger partial charge in [0.25, 0.3) is 0 Å². The standard InChI is InChI=1S/C8H8ClN5/c1-4-2-5-7(11-3-4)13-8(14-10)6(9)12-5/h2-3H,10H2,1H3,(H,11,13,14). The summed E-state index contributed by atoms with van der Waals surface area (Å²) in [6, 6.07) is 1.86. The van der Waals surface area contributed by atoms with Crippen LogP contribution in [0.2, 0.25) is 5.15 Å². The van der Waals surface area contributed by atoms with Crippen molar-refractivity contribution in [3.63, 3.8) is 0 Å². The molecule has 14 heavy (non-hydrogen) atoms. The fourth-order valence-corrected chi connectivity index (χ4v) is 1.31. The van der Waals surface area contributed by atoms with Crippen molar-refractivity contribution >= 4 is 28.6 Å². The Bertz CT molecular complexity index is 484. The lowest BCUT2D eigenvalue weighted by Gasteiger charge is -2.03. The lowest BCUT2D eigenvalue weighted by atomic mass is 10.3. The Kier molecular flexibility index (Phi) is 2.18. The van der Waals surface area contributed by atoms with E-state index in [0.717, 1.165) is 5.56 Å². The van der Waals surface area contributed by atoms with Crippen LogP contribution in [0, 0.1) is 6.92 Å². The van der Waals surface area contributed by atoms with E-state index in [1.165, 1.54) is 0 Å². The molecule has 0 unspecified atom stereocenters. The highest BCUT2D eigenvalue weighted by atomic mass is 35.5. The number of anilines is 1. The lowest BCUT2D eigenvalue weighted by molar-refractivity contribution is 1.17. The van der Waals surface area contributed by atoms with Crippen molar-refractivity contribution in [1.29, 1.82) is 0 Å². The predicted molar refractivity (Wildman–Crippen MR) is 54.9 cm³/mol. The maximum atomic E-state index is 5.81. The van der Waals surface area contributed by atoms with Crippen LogP contribution in [0.15, 0.2) is 12.3 Å². The van der Waals surface area contributed by atoms with Gasteiger partial charge in [-0.1, -0.05) is 11.6 Å². The van der Waals surface area contributed by atoms with Crippen molar-refractivity contribution in [3.8, 4) is 0 Å². The number of hydrogen-bond donors (Lipinski definition) is 2. The van der Waals surface area contributed by atoms with E-state index in [2.05, 4.69) is 20.4 Å². The van der Waals surface area contributed by atoms with Crippen LogP contribution in [-0.4, -0.2) is 15.0 Å². The fraction of sp³-hybridized carbons (Fsp3) is 0.125. The van der Waals surface area contributed by atoms with Gasteiger partial charge >= 0.3 is 0 Å². The summed E-state index contributed by atoms with van der Waals surface area (Å²) < 4.78 is 0. The molecule has 0 bridgehead atoms. The second kappa shape index (κ2) is 3.36. The van der Waals surface area contributed by atoms with E-state index in [-0.39, 0.29) is 5.15 Å². The van der Waals surface area contributed by atoms with E-state index >= 15 is 0 Å². The molecule has 2 rings (SSSR count). The number of aryl methyl sites for hydroxylation is 1. The highest BCUT2D eigenvalue weighted by molar-refractivity contribution is 6.32. The van der Waals surface area contributed by atoms with Gasteiger partial charge in [-0.25, -0.2) is 20.8 Å². The van der Waals surface area contributed by atoms with E-state index in [9.17, 15) is 0 Å². The smallest absolute Gasteiger partial charge is 0.180 e. The number of fused-ring (bicyclic) bond motifs is 1. The molecule has 0 aromatic carbocycles. The van der Waals surface area contributed by atoms with Crippen LogP contribution in [0.1, 0.15) is 5.56 Å². The van der Waals surface area contributed by atoms with Gasteiger partial charge in [-0.3, -0.25) is 0 Å². The molecule has 0 aliphatic rings. The van der Waals surface area contributed by atoms with Gasteiger partial charge < -0.3 is 5.43 Å². The Morgan fingerprint density at radius 1 is 1.43 bits per heavy atom. The van der Waals surface area contributed by atoms with E-state index in [1.807, 2.05) is 13.0 Å². The highest BCUT2D eigenvalue weighted by Gasteiger charge is 2.05. The molecule has 2 aromatic heterocycles. The van der Waals surface area contributed by atoms with Crippen molar-refractivity contribution in [2.24, 2.45) is 5.84 Å². The zero-order chi connectivity index (χ0) is 10.1. The summed E-state index contributed by atoms with van der Waals surface area (Å²) in [6.45, 7) is 1.93. The minimum Gasteiger partial charge on any atom is -0.306 e. The van der Waals surface area contributed by atoms with E-state index in [1.54, 1.807) is 6.20 Å². The normalized spacial score (nSPS) is 10.5. The summed E-state index contributed by atoms with van der Waals surface area (Å²) in [5, 5.41) is 0.243. The summed E-state index contributed by atoms with van der Waals surface area (Å²) in [5.74, 6) is 5.54. The first-order chi connectivity index (χ1) is 6.70. The van der Waals surface area contributed by atoms with Crippen LogP contribution in [0.3, 0.4) is 0 Å². The number of pyridine rings is 1. The molecule has 0 fully saturated rings. The Labute approximate surface area is 85.3 Å². The molecule has 72 valence electrons. The quantitative estimate of drug-likeness (QED) is 0.547. The maximum absolute atomic E-state index is 5.81. The number of aromatic nitrogens is 3. The Balaban J connectivity index is 2.73. The Morgan fingerprint density at radius 3 is 2.93 bits per heavy atom. The fourth-order valence-electron chi connectivity index (χ4n) is 1.12. The Morgan fingerprint density at radius 2 is 2.21 bits per heavy atom. The molecule has 0 atom stereocenters. The minimum absolute atomic E-state index is 0.243. The number of hydrazine groups is 1. The van der Waals surface area contributed by atoms with Crippen molar-refractivity contribution < 1.29 is 0 Å². The van der Waals surface area contributed by atoms with Crippen molar-refractivity contribution in [2.45, 2.75) is 6.92 Å². The average Bonchev–Trinajstić information content (AvgIpc) is 2.16. The molecule has 2 aromatic rings. The highest BCUT2D eigenvalue weighted by Crippen LogP contribution is 2.19. The first-order valence-electron chi connectivity index (χ1n) is 3.97. The molecular weight excluding hydrogens is 202 g/mol. The number of nitrogen functional groups attached to an aromatic ring is 1. The van der Waals surface area contributed by atoms with Gasteiger partial charge in [0.2, 0.25) is 0 Å². The van der Waals surface area contributed by atoms with Crippen LogP contribution in [0.4, 0.5) is 5.82 Å². The molecule has 2 heterocycles. The van der Waals surface area contributed by atoms with Crippen LogP contribution in [0.5, 0.6) is 0 Å². The third-order valence-corrected chi connectivity index (χ3v) is 2.02. The molecule has 0 aliphatic heterocycles. The maximum Gasteiger partial charge on any atom is 0.180 e. The number of hydrogen-bond acceptors (Lipinski definition) is 5. The average molecular weight is 210 g/mol. The van der Waals surface area contributed by atoms with Gasteiger partial charge in [0.1, 0.15) is 5.52 Å². The van der Waals surface area contributed by atoms with Crippen LogP contribution < -0.4 is 11.3 Å². The van der Waals surface area contributed by atoms with E-state index in [0.29, 0.717) is 17.0 Å². The molecular formula is C8H8ClN5. The molecule has 0 radical (unpaired) electrons. The third-order valence-electron chi connectivity index (χ3n) is 1.75. The Hall–Kier alpha value is -1.46. The number of nitrogens with zero attached hydrogens (tertiary/aromatic N) is 3. The second-order valence-corrected chi connectivity index (χ2v) is 3.22. The zero-order valence-electron chi connectivity index (χ0n) is 7.45. The minimum atomic E-state index is 0.243. The third kappa shape index (κ3) is 1.47. The SMILES string of the molecule is Cc1cnc2nc(NN)c(Cl)nc2c1. The number of halogens is 1. The van der Waals surface area contributed by atoms with Gasteiger partial charge in [-0.2, -0.15) is 0 Å². The summed E-state index contributed by atoms with van der Waals surface area (Å²) in [5.41, 5.74) is 4.55. The van der Waals surface area contributed by atoms with E-state index < -0.39 is 0 Å². The molecule has 5 nitrogen and oxygen atoms in total. The largest absolute Gasteiger partial charge is 0.306 e. The second-order valence-electron chi connectivity index (χ2n) is 2.86. The summed E-state index contributed by atoms with van der Waals surface area (Å²) in [6.07, 6.45) is 1.71. The lowest BCUT2D eigenvalue weighted by Crippen LogP contribution is -2.10. The monoisotopic (exact) mass is 209 g/mol. The van der Waals surface area contributed by atoms with Gasteiger partial charge in [0, 0.05) is 6.20 Å². The summed E-state index contributed by atoms with van der Waals surface area (Å²) in [4.78, 5) is 12.3. The van der Waals surface area contributed by atoms with Gasteiger partial charge in [0.15, 0.2) is 16.6 Å². The molecule has 0 saturated carbocycles. The van der Waals surface area contributed by atoms with Crippen LogP contribution in [0.25, 0.3) is 11.2 Å². The molecule has 6 heteroatoms. The molecule has 3 N–H and O–H groups in total. The van der Waals surface area contributed by atoms with Crippen molar-refractivity contribution in [1.82, 2.24) is 15.0 Å². The van der Waals surface area contributed by atoms with Crippen molar-refractivity contribution in [2.75, 3.05) is 5.43 Å². The topological polar surface area (TPSA) is 76.7 Å². The number of rotatable bonds is 1. The first-order valence-corrected chi connectivity index (χ1v) is 4.35. The zero-order valence-corrected chi connectivity index (χ0v) is 8.21. The van der Waals surface area contributed by atoms with Crippen LogP contribution >= 0.6 is 11.6 Å². The van der Waals surface area contributed by atoms with Crippen molar-refractivity contribution in [3.05, 3.63) is 23.0 Å². The summed E-state index contributed by atoms with van der Waals surface area (Å²) >= 11 is 5.81.